The van der Waals surface area contributed by atoms with Crippen molar-refractivity contribution in [1.29, 1.82) is 0 Å². The van der Waals surface area contributed by atoms with Gasteiger partial charge in [-0.25, -0.2) is 17.9 Å². The van der Waals surface area contributed by atoms with Gasteiger partial charge in [-0.3, -0.25) is 4.79 Å². The van der Waals surface area contributed by atoms with E-state index in [4.69, 9.17) is 5.11 Å². The molecule has 3 N–H and O–H groups in total. The van der Waals surface area contributed by atoms with E-state index in [2.05, 4.69) is 26.0 Å². The fourth-order valence-corrected chi connectivity index (χ4v) is 4.32. The molecule has 1 fully saturated rings. The van der Waals surface area contributed by atoms with Crippen LogP contribution in [0.1, 0.15) is 23.2 Å². The average molecular weight is 377 g/mol. The van der Waals surface area contributed by atoms with E-state index in [1.165, 1.54) is 18.2 Å². The summed E-state index contributed by atoms with van der Waals surface area (Å²) in [5, 5.41) is 11.5. The average Bonchev–Trinajstić information content (AvgIpc) is 2.40. The van der Waals surface area contributed by atoms with Crippen molar-refractivity contribution in [3.63, 3.8) is 0 Å². The number of carboxylic acid groups (broad SMARTS) is 1. The second-order valence-electron chi connectivity index (χ2n) is 4.61. The van der Waals surface area contributed by atoms with Crippen LogP contribution in [0.15, 0.2) is 27.6 Å². The molecule has 1 unspecified atom stereocenters. The SMILES string of the molecule is O=C1CCC(NS(=O)(=O)c2ccc(C(=O)O)cc2Br)CN1. The molecule has 0 radical (unpaired) electrons. The number of aromatic carboxylic acids is 1. The highest BCUT2D eigenvalue weighted by atomic mass is 79.9. The number of rotatable bonds is 4. The molecule has 9 heteroatoms. The minimum absolute atomic E-state index is 0.00856. The molecule has 1 amide bonds. The highest BCUT2D eigenvalue weighted by molar-refractivity contribution is 9.10. The lowest BCUT2D eigenvalue weighted by atomic mass is 10.1. The Morgan fingerprint density at radius 3 is 2.67 bits per heavy atom. The molecule has 0 aromatic heterocycles. The second kappa shape index (κ2) is 6.12. The molecule has 1 atom stereocenters. The Balaban J connectivity index is 2.19. The maximum Gasteiger partial charge on any atom is 0.335 e. The highest BCUT2D eigenvalue weighted by Gasteiger charge is 2.26. The van der Waals surface area contributed by atoms with Crippen molar-refractivity contribution in [3.8, 4) is 0 Å². The fourth-order valence-electron chi connectivity index (χ4n) is 1.97. The van der Waals surface area contributed by atoms with Gasteiger partial charge >= 0.3 is 5.97 Å². The van der Waals surface area contributed by atoms with Gasteiger partial charge < -0.3 is 10.4 Å². The number of carboxylic acids is 1. The van der Waals surface area contributed by atoms with Gasteiger partial charge in [0.1, 0.15) is 0 Å². The second-order valence-corrected chi connectivity index (χ2v) is 7.15. The van der Waals surface area contributed by atoms with Gasteiger partial charge in [-0.1, -0.05) is 0 Å². The van der Waals surface area contributed by atoms with E-state index in [0.717, 1.165) is 0 Å². The van der Waals surface area contributed by atoms with Crippen LogP contribution in [0.5, 0.6) is 0 Å². The van der Waals surface area contributed by atoms with Gasteiger partial charge in [-0.2, -0.15) is 0 Å². The maximum atomic E-state index is 12.3. The molecule has 1 aromatic carbocycles. The summed E-state index contributed by atoms with van der Waals surface area (Å²) in [5.41, 5.74) is -0.00856. The zero-order valence-electron chi connectivity index (χ0n) is 10.8. The van der Waals surface area contributed by atoms with Crippen LogP contribution in [0.3, 0.4) is 0 Å². The van der Waals surface area contributed by atoms with Crippen LogP contribution in [0, 0.1) is 0 Å². The van der Waals surface area contributed by atoms with Crippen LogP contribution in [-0.2, 0) is 14.8 Å². The molecule has 0 aliphatic carbocycles. The first-order chi connectivity index (χ1) is 9.79. The van der Waals surface area contributed by atoms with Crippen LogP contribution in [0.2, 0.25) is 0 Å². The van der Waals surface area contributed by atoms with Crippen molar-refractivity contribution in [2.24, 2.45) is 0 Å². The third-order valence-corrected chi connectivity index (χ3v) is 5.55. The number of halogens is 1. The van der Waals surface area contributed by atoms with E-state index < -0.39 is 16.0 Å². The van der Waals surface area contributed by atoms with E-state index in [-0.39, 0.29) is 39.8 Å². The molecule has 1 aromatic rings. The summed E-state index contributed by atoms with van der Waals surface area (Å²) in [7, 11) is -3.79. The number of sulfonamides is 1. The van der Waals surface area contributed by atoms with Gasteiger partial charge in [0, 0.05) is 23.5 Å². The summed E-state index contributed by atoms with van der Waals surface area (Å²) in [5.74, 6) is -1.24. The van der Waals surface area contributed by atoms with Crippen molar-refractivity contribution in [1.82, 2.24) is 10.0 Å². The molecular weight excluding hydrogens is 364 g/mol. The third kappa shape index (κ3) is 3.80. The van der Waals surface area contributed by atoms with Gasteiger partial charge in [-0.05, 0) is 40.5 Å². The predicted octanol–water partition coefficient (Wildman–Crippen LogP) is 0.704. The first-order valence-corrected chi connectivity index (χ1v) is 8.39. The number of nitrogens with one attached hydrogen (secondary N) is 2. The highest BCUT2D eigenvalue weighted by Crippen LogP contribution is 2.24. The Bertz CT molecular complexity index is 679. The molecule has 21 heavy (non-hydrogen) atoms. The zero-order valence-corrected chi connectivity index (χ0v) is 13.2. The number of hydrogen-bond acceptors (Lipinski definition) is 4. The smallest absolute Gasteiger partial charge is 0.335 e. The predicted molar refractivity (Wildman–Crippen MR) is 77.5 cm³/mol. The third-order valence-electron chi connectivity index (χ3n) is 3.06. The van der Waals surface area contributed by atoms with Gasteiger partial charge in [-0.15, -0.1) is 0 Å². The number of hydrogen-bond donors (Lipinski definition) is 3. The van der Waals surface area contributed by atoms with Gasteiger partial charge in [0.25, 0.3) is 0 Å². The summed E-state index contributed by atoms with van der Waals surface area (Å²) in [4.78, 5) is 21.8. The quantitative estimate of drug-likeness (QED) is 0.715. The zero-order chi connectivity index (χ0) is 15.6. The lowest BCUT2D eigenvalue weighted by molar-refractivity contribution is -0.122. The standard InChI is InChI=1S/C12H13BrN2O5S/c13-9-5-7(12(17)18)1-3-10(9)21(19,20)15-8-2-4-11(16)14-6-8/h1,3,5,8,15H,2,4,6H2,(H,14,16)(H,17,18). The van der Waals surface area contributed by atoms with Crippen LogP contribution in [-0.4, -0.2) is 38.0 Å². The van der Waals surface area contributed by atoms with Crippen LogP contribution >= 0.6 is 15.9 Å². The van der Waals surface area contributed by atoms with Crippen LogP contribution in [0.4, 0.5) is 0 Å². The lowest BCUT2D eigenvalue weighted by Crippen LogP contribution is -2.47. The molecule has 0 spiro atoms. The van der Waals surface area contributed by atoms with E-state index in [0.29, 0.717) is 6.42 Å². The van der Waals surface area contributed by atoms with Crippen LogP contribution in [0.25, 0.3) is 0 Å². The minimum Gasteiger partial charge on any atom is -0.478 e. The van der Waals surface area contributed by atoms with E-state index >= 15 is 0 Å². The largest absolute Gasteiger partial charge is 0.478 e. The van der Waals surface area contributed by atoms with Crippen LogP contribution < -0.4 is 10.0 Å². The number of piperidine rings is 1. The Hall–Kier alpha value is -1.45. The molecule has 2 rings (SSSR count). The minimum atomic E-state index is -3.79. The Kier molecular flexibility index (Phi) is 4.64. The molecule has 0 saturated carbocycles. The summed E-state index contributed by atoms with van der Waals surface area (Å²) < 4.78 is 27.2. The molecule has 1 aliphatic heterocycles. The van der Waals surface area contributed by atoms with Crippen molar-refractivity contribution in [2.75, 3.05) is 6.54 Å². The van der Waals surface area contributed by atoms with Gasteiger partial charge in [0.15, 0.2) is 0 Å². The number of amides is 1. The molecule has 114 valence electrons. The molecule has 1 aliphatic rings. The first-order valence-electron chi connectivity index (χ1n) is 6.11. The Morgan fingerprint density at radius 2 is 2.14 bits per heavy atom. The van der Waals surface area contributed by atoms with E-state index in [1.54, 1.807) is 0 Å². The van der Waals surface area contributed by atoms with E-state index in [1.807, 2.05) is 0 Å². The Labute approximate surface area is 129 Å². The summed E-state index contributed by atoms with van der Waals surface area (Å²) in [6, 6.07) is 3.32. The number of carbonyl (C=O) groups excluding carboxylic acids is 1. The van der Waals surface area contributed by atoms with E-state index in [9.17, 15) is 18.0 Å². The topological polar surface area (TPSA) is 113 Å². The molecule has 7 nitrogen and oxygen atoms in total. The van der Waals surface area contributed by atoms with Gasteiger partial charge in [0.2, 0.25) is 15.9 Å². The Morgan fingerprint density at radius 1 is 1.43 bits per heavy atom. The van der Waals surface area contributed by atoms with Crippen molar-refractivity contribution in [2.45, 2.75) is 23.8 Å². The van der Waals surface area contributed by atoms with Crippen molar-refractivity contribution in [3.05, 3.63) is 28.2 Å². The number of carbonyl (C=O) groups is 2. The molecule has 1 heterocycles. The molecular formula is C12H13BrN2O5S. The number of benzene rings is 1. The fraction of sp³-hybridized carbons (Fsp3) is 0.333. The van der Waals surface area contributed by atoms with Crippen molar-refractivity contribution >= 4 is 37.8 Å². The lowest BCUT2D eigenvalue weighted by Gasteiger charge is -2.23. The summed E-state index contributed by atoms with van der Waals surface area (Å²) in [6.07, 6.45) is 0.697. The monoisotopic (exact) mass is 376 g/mol. The first kappa shape index (κ1) is 15.9. The molecule has 1 saturated heterocycles. The van der Waals surface area contributed by atoms with Gasteiger partial charge in [0.05, 0.1) is 10.5 Å². The van der Waals surface area contributed by atoms with Crippen molar-refractivity contribution < 1.29 is 23.1 Å². The summed E-state index contributed by atoms with van der Waals surface area (Å²) >= 11 is 3.07. The maximum absolute atomic E-state index is 12.3. The molecule has 0 bridgehead atoms. The summed E-state index contributed by atoms with van der Waals surface area (Å²) in [6.45, 7) is 0.239. The normalized spacial score (nSPS) is 19.1.